The fourth-order valence-corrected chi connectivity index (χ4v) is 3.13. The minimum Gasteiger partial charge on any atom is -0.409 e. The number of nitrogens with two attached hydrogens (primary N) is 1. The van der Waals surface area contributed by atoms with Gasteiger partial charge >= 0.3 is 0 Å². The molecule has 1 aromatic carbocycles. The summed E-state index contributed by atoms with van der Waals surface area (Å²) in [4.78, 5) is 3.33. The van der Waals surface area contributed by atoms with E-state index in [1.54, 1.807) is 11.3 Å². The van der Waals surface area contributed by atoms with Crippen LogP contribution in [0.4, 0.5) is 5.69 Å². The molecule has 0 unspecified atom stereocenters. The predicted molar refractivity (Wildman–Crippen MR) is 85.1 cm³/mol. The van der Waals surface area contributed by atoms with Crippen LogP contribution in [0.3, 0.4) is 0 Å². The number of aryl methyl sites for hydroxylation is 1. The Labute approximate surface area is 127 Å². The number of benzene rings is 1. The Balaban J connectivity index is 2.18. The van der Waals surface area contributed by atoms with Crippen molar-refractivity contribution in [2.75, 3.05) is 11.9 Å². The van der Waals surface area contributed by atoms with Crippen molar-refractivity contribution in [2.45, 2.75) is 13.5 Å². The van der Waals surface area contributed by atoms with Gasteiger partial charge in [0.25, 0.3) is 0 Å². The molecular formula is C14H16ClN3OS. The average molecular weight is 310 g/mol. The van der Waals surface area contributed by atoms with E-state index >= 15 is 0 Å². The molecule has 6 heteroatoms. The third-order valence-corrected chi connectivity index (χ3v) is 4.27. The first-order chi connectivity index (χ1) is 9.51. The minimum atomic E-state index is 0.127. The summed E-state index contributed by atoms with van der Waals surface area (Å²) in [5.41, 5.74) is 8.40. The van der Waals surface area contributed by atoms with Crippen LogP contribution < -0.4 is 10.6 Å². The lowest BCUT2D eigenvalue weighted by Gasteiger charge is -2.19. The zero-order valence-corrected chi connectivity index (χ0v) is 12.9. The van der Waals surface area contributed by atoms with Gasteiger partial charge in [-0.1, -0.05) is 16.8 Å². The van der Waals surface area contributed by atoms with Crippen molar-refractivity contribution in [1.82, 2.24) is 0 Å². The molecule has 1 aromatic heterocycles. The first-order valence-electron chi connectivity index (χ1n) is 6.05. The highest BCUT2D eigenvalue weighted by atomic mass is 35.5. The predicted octanol–water partition coefficient (Wildman–Crippen LogP) is 3.44. The molecule has 3 N–H and O–H groups in total. The number of hydrogen-bond acceptors (Lipinski definition) is 4. The van der Waals surface area contributed by atoms with Crippen LogP contribution in [-0.4, -0.2) is 18.1 Å². The second kappa shape index (κ2) is 6.15. The molecule has 0 amide bonds. The van der Waals surface area contributed by atoms with E-state index in [2.05, 4.69) is 10.1 Å². The molecule has 0 spiro atoms. The highest BCUT2D eigenvalue weighted by Gasteiger charge is 2.08. The van der Waals surface area contributed by atoms with Crippen molar-refractivity contribution in [1.29, 1.82) is 0 Å². The van der Waals surface area contributed by atoms with Gasteiger partial charge in [0.15, 0.2) is 5.84 Å². The number of halogens is 1. The second-order valence-corrected chi connectivity index (χ2v) is 6.35. The first-order valence-corrected chi connectivity index (χ1v) is 7.24. The molecule has 0 atom stereocenters. The van der Waals surface area contributed by atoms with Crippen LogP contribution in [0.25, 0.3) is 0 Å². The number of thiophene rings is 1. The molecule has 1 heterocycles. The van der Waals surface area contributed by atoms with Gasteiger partial charge in [-0.15, -0.1) is 11.3 Å². The SMILES string of the molecule is Cc1cc(N(C)Cc2ccc(Cl)s2)ccc1/C(N)=N/O. The van der Waals surface area contributed by atoms with Gasteiger partial charge in [0.1, 0.15) is 0 Å². The second-order valence-electron chi connectivity index (χ2n) is 4.55. The van der Waals surface area contributed by atoms with Crippen molar-refractivity contribution in [3.63, 3.8) is 0 Å². The van der Waals surface area contributed by atoms with E-state index in [-0.39, 0.29) is 5.84 Å². The third kappa shape index (κ3) is 3.23. The van der Waals surface area contributed by atoms with Crippen molar-refractivity contribution >= 4 is 34.5 Å². The van der Waals surface area contributed by atoms with Gasteiger partial charge in [-0.3, -0.25) is 0 Å². The molecule has 106 valence electrons. The topological polar surface area (TPSA) is 61.8 Å². The van der Waals surface area contributed by atoms with Crippen LogP contribution >= 0.6 is 22.9 Å². The molecule has 4 nitrogen and oxygen atoms in total. The number of oxime groups is 1. The number of nitrogens with zero attached hydrogens (tertiary/aromatic N) is 2. The molecule has 0 aliphatic rings. The Bertz CT molecular complexity index is 639. The van der Waals surface area contributed by atoms with E-state index in [1.165, 1.54) is 4.88 Å². The minimum absolute atomic E-state index is 0.127. The maximum Gasteiger partial charge on any atom is 0.170 e. The summed E-state index contributed by atoms with van der Waals surface area (Å²) >= 11 is 7.51. The molecule has 0 saturated heterocycles. The molecule has 0 bridgehead atoms. The highest BCUT2D eigenvalue weighted by molar-refractivity contribution is 7.16. The zero-order chi connectivity index (χ0) is 14.7. The monoisotopic (exact) mass is 309 g/mol. The number of hydrogen-bond donors (Lipinski definition) is 2. The third-order valence-electron chi connectivity index (χ3n) is 3.06. The van der Waals surface area contributed by atoms with Gasteiger partial charge in [0, 0.05) is 23.2 Å². The van der Waals surface area contributed by atoms with Crippen molar-refractivity contribution in [3.8, 4) is 0 Å². The molecule has 0 radical (unpaired) electrons. The highest BCUT2D eigenvalue weighted by Crippen LogP contribution is 2.25. The van der Waals surface area contributed by atoms with E-state index in [4.69, 9.17) is 22.5 Å². The molecule has 2 rings (SSSR count). The Kier molecular flexibility index (Phi) is 4.52. The van der Waals surface area contributed by atoms with Crippen LogP contribution in [-0.2, 0) is 6.54 Å². The van der Waals surface area contributed by atoms with E-state index in [0.717, 1.165) is 27.7 Å². The van der Waals surface area contributed by atoms with E-state index in [0.29, 0.717) is 0 Å². The zero-order valence-electron chi connectivity index (χ0n) is 11.3. The van der Waals surface area contributed by atoms with E-state index in [9.17, 15) is 0 Å². The van der Waals surface area contributed by atoms with E-state index in [1.807, 2.05) is 44.3 Å². The molecule has 0 saturated carbocycles. The van der Waals surface area contributed by atoms with Crippen LogP contribution in [0.5, 0.6) is 0 Å². The maximum atomic E-state index is 8.73. The standard InChI is InChI=1S/C14H16ClN3OS/c1-9-7-10(3-5-12(9)14(16)17-19)18(2)8-11-4-6-13(15)20-11/h3-7,19H,8H2,1-2H3,(H2,16,17). The summed E-state index contributed by atoms with van der Waals surface area (Å²) in [7, 11) is 2.02. The number of anilines is 1. The lowest BCUT2D eigenvalue weighted by Crippen LogP contribution is -2.18. The Morgan fingerprint density at radius 1 is 1.40 bits per heavy atom. The number of rotatable bonds is 4. The fraction of sp³-hybridized carbons (Fsp3) is 0.214. The molecule has 0 aliphatic heterocycles. The summed E-state index contributed by atoms with van der Waals surface area (Å²) in [6.45, 7) is 2.73. The lowest BCUT2D eigenvalue weighted by atomic mass is 10.1. The first kappa shape index (κ1) is 14.7. The van der Waals surface area contributed by atoms with Crippen LogP contribution in [0.15, 0.2) is 35.5 Å². The van der Waals surface area contributed by atoms with Crippen molar-refractivity contribution < 1.29 is 5.21 Å². The van der Waals surface area contributed by atoms with Crippen molar-refractivity contribution in [3.05, 3.63) is 50.7 Å². The molecule has 2 aromatic rings. The fourth-order valence-electron chi connectivity index (χ4n) is 1.99. The van der Waals surface area contributed by atoms with Crippen LogP contribution in [0.2, 0.25) is 4.34 Å². The average Bonchev–Trinajstić information content (AvgIpc) is 2.83. The normalized spacial score (nSPS) is 11.7. The van der Waals surface area contributed by atoms with Crippen LogP contribution in [0, 0.1) is 6.92 Å². The quantitative estimate of drug-likeness (QED) is 0.393. The van der Waals surface area contributed by atoms with Gasteiger partial charge in [0.2, 0.25) is 0 Å². The lowest BCUT2D eigenvalue weighted by molar-refractivity contribution is 0.318. The van der Waals surface area contributed by atoms with Crippen molar-refractivity contribution in [2.24, 2.45) is 10.9 Å². The van der Waals surface area contributed by atoms with Gasteiger partial charge in [-0.05, 0) is 42.8 Å². The van der Waals surface area contributed by atoms with Crippen LogP contribution in [0.1, 0.15) is 16.0 Å². The van der Waals surface area contributed by atoms with Gasteiger partial charge in [-0.2, -0.15) is 0 Å². The summed E-state index contributed by atoms with van der Waals surface area (Å²) in [6.07, 6.45) is 0. The summed E-state index contributed by atoms with van der Waals surface area (Å²) in [5.74, 6) is 0.127. The Morgan fingerprint density at radius 2 is 2.15 bits per heavy atom. The van der Waals surface area contributed by atoms with Gasteiger partial charge in [-0.25, -0.2) is 0 Å². The molecule has 20 heavy (non-hydrogen) atoms. The Hall–Kier alpha value is -1.72. The molecule has 0 aliphatic carbocycles. The summed E-state index contributed by atoms with van der Waals surface area (Å²) in [6, 6.07) is 9.76. The Morgan fingerprint density at radius 3 is 2.70 bits per heavy atom. The summed E-state index contributed by atoms with van der Waals surface area (Å²) < 4.78 is 0.798. The summed E-state index contributed by atoms with van der Waals surface area (Å²) in [5, 5.41) is 11.8. The molecule has 0 fully saturated rings. The van der Waals surface area contributed by atoms with Gasteiger partial charge < -0.3 is 15.8 Å². The maximum absolute atomic E-state index is 8.73. The van der Waals surface area contributed by atoms with E-state index < -0.39 is 0 Å². The van der Waals surface area contributed by atoms with Gasteiger partial charge in [0.05, 0.1) is 10.9 Å². The largest absolute Gasteiger partial charge is 0.409 e. The molecular weight excluding hydrogens is 294 g/mol. The smallest absolute Gasteiger partial charge is 0.170 e. The number of amidine groups is 1.